The fourth-order valence-corrected chi connectivity index (χ4v) is 2.08. The van der Waals surface area contributed by atoms with E-state index in [0.29, 0.717) is 18.6 Å². The number of halogens is 4. The summed E-state index contributed by atoms with van der Waals surface area (Å²) in [7, 11) is 0. The third-order valence-electron chi connectivity index (χ3n) is 3.16. The van der Waals surface area contributed by atoms with E-state index in [-0.39, 0.29) is 12.6 Å². The zero-order valence-corrected chi connectivity index (χ0v) is 10.2. The highest BCUT2D eigenvalue weighted by molar-refractivity contribution is 5.50. The zero-order valence-electron chi connectivity index (χ0n) is 10.2. The van der Waals surface area contributed by atoms with E-state index in [1.807, 2.05) is 0 Å². The van der Waals surface area contributed by atoms with Gasteiger partial charge in [0, 0.05) is 6.04 Å². The summed E-state index contributed by atoms with van der Waals surface area (Å²) in [6.07, 6.45) is 2.82. The Hall–Kier alpha value is -2.05. The van der Waals surface area contributed by atoms with Gasteiger partial charge in [-0.3, -0.25) is 0 Å². The van der Waals surface area contributed by atoms with Crippen LogP contribution in [0.5, 0.6) is 0 Å². The molecule has 0 saturated heterocycles. The molecule has 1 aliphatic carbocycles. The lowest BCUT2D eigenvalue weighted by Crippen LogP contribution is -2.28. The van der Waals surface area contributed by atoms with Crippen LogP contribution < -0.4 is 4.90 Å². The van der Waals surface area contributed by atoms with Gasteiger partial charge in [0.15, 0.2) is 0 Å². The minimum Gasteiger partial charge on any atom is -0.467 e. The molecule has 2 aromatic rings. The van der Waals surface area contributed by atoms with Gasteiger partial charge in [0.05, 0.1) is 12.8 Å². The highest BCUT2D eigenvalue weighted by Gasteiger charge is 2.35. The number of aromatic nitrogens is 1. The van der Waals surface area contributed by atoms with E-state index < -0.39 is 29.2 Å². The molecule has 2 heterocycles. The van der Waals surface area contributed by atoms with Crippen molar-refractivity contribution < 1.29 is 22.0 Å². The Morgan fingerprint density at radius 2 is 1.80 bits per heavy atom. The molecule has 3 nitrogen and oxygen atoms in total. The van der Waals surface area contributed by atoms with Gasteiger partial charge in [0.1, 0.15) is 11.4 Å². The molecule has 1 saturated carbocycles. The van der Waals surface area contributed by atoms with Crippen LogP contribution in [-0.4, -0.2) is 11.0 Å². The fourth-order valence-electron chi connectivity index (χ4n) is 2.08. The Morgan fingerprint density at radius 3 is 2.30 bits per heavy atom. The average Bonchev–Trinajstić information content (AvgIpc) is 3.13. The topological polar surface area (TPSA) is 29.3 Å². The van der Waals surface area contributed by atoms with E-state index in [1.54, 1.807) is 12.1 Å². The molecule has 7 heteroatoms. The molecule has 0 spiro atoms. The third-order valence-corrected chi connectivity index (χ3v) is 3.16. The van der Waals surface area contributed by atoms with Crippen molar-refractivity contribution in [2.75, 3.05) is 4.90 Å². The summed E-state index contributed by atoms with van der Waals surface area (Å²) >= 11 is 0. The summed E-state index contributed by atoms with van der Waals surface area (Å²) in [5.74, 6) is -5.81. The smallest absolute Gasteiger partial charge is 0.253 e. The van der Waals surface area contributed by atoms with Gasteiger partial charge in [-0.2, -0.15) is 22.5 Å². The van der Waals surface area contributed by atoms with Crippen LogP contribution in [0.25, 0.3) is 0 Å². The Balaban J connectivity index is 2.03. The van der Waals surface area contributed by atoms with Gasteiger partial charge in [-0.25, -0.2) is 0 Å². The number of rotatable bonds is 4. The van der Waals surface area contributed by atoms with Crippen LogP contribution in [-0.2, 0) is 6.54 Å². The Morgan fingerprint density at radius 1 is 1.15 bits per heavy atom. The number of hydrogen-bond acceptors (Lipinski definition) is 3. The lowest BCUT2D eigenvalue weighted by atomic mass is 10.2. The summed E-state index contributed by atoms with van der Waals surface area (Å²) in [5, 5.41) is 0. The maximum absolute atomic E-state index is 13.8. The van der Waals surface area contributed by atoms with Crippen molar-refractivity contribution >= 4 is 5.69 Å². The minimum atomic E-state index is -1.65. The molecule has 20 heavy (non-hydrogen) atoms. The molecule has 106 valence electrons. The van der Waals surface area contributed by atoms with Crippen LogP contribution in [0, 0.1) is 23.5 Å². The van der Waals surface area contributed by atoms with Crippen LogP contribution in [0.1, 0.15) is 18.6 Å². The first kappa shape index (κ1) is 13.0. The first-order valence-corrected chi connectivity index (χ1v) is 6.07. The van der Waals surface area contributed by atoms with Crippen molar-refractivity contribution in [2.24, 2.45) is 0 Å². The van der Waals surface area contributed by atoms with Crippen molar-refractivity contribution in [1.29, 1.82) is 0 Å². The van der Waals surface area contributed by atoms with Crippen molar-refractivity contribution in [3.63, 3.8) is 0 Å². The van der Waals surface area contributed by atoms with Crippen molar-refractivity contribution in [1.82, 2.24) is 4.98 Å². The van der Waals surface area contributed by atoms with Crippen LogP contribution in [0.15, 0.2) is 22.8 Å². The summed E-state index contributed by atoms with van der Waals surface area (Å²) in [6.45, 7) is 0.0361. The molecule has 0 atom stereocenters. The predicted molar refractivity (Wildman–Crippen MR) is 62.0 cm³/mol. The first-order valence-electron chi connectivity index (χ1n) is 6.07. The lowest BCUT2D eigenvalue weighted by molar-refractivity contribution is 0.402. The summed E-state index contributed by atoms with van der Waals surface area (Å²) < 4.78 is 59.1. The maximum Gasteiger partial charge on any atom is 0.253 e. The van der Waals surface area contributed by atoms with Gasteiger partial charge in [-0.05, 0) is 25.0 Å². The van der Waals surface area contributed by atoms with Gasteiger partial charge >= 0.3 is 0 Å². The van der Waals surface area contributed by atoms with E-state index in [0.717, 1.165) is 0 Å². The molecule has 0 aliphatic heterocycles. The molecule has 0 unspecified atom stereocenters. The largest absolute Gasteiger partial charge is 0.467 e. The van der Waals surface area contributed by atoms with Crippen molar-refractivity contribution in [2.45, 2.75) is 25.4 Å². The standard InChI is InChI=1S/C13H10F4N2O/c14-9-11(10(15)13(17)18-12(9)16)19(7-3-4-7)6-8-2-1-5-20-8/h1-2,5,7H,3-4,6H2. The van der Waals surface area contributed by atoms with Gasteiger partial charge in [0.2, 0.25) is 11.6 Å². The first-order chi connectivity index (χ1) is 9.58. The van der Waals surface area contributed by atoms with Crippen LogP contribution in [0.2, 0.25) is 0 Å². The minimum absolute atomic E-state index is 0.0361. The van der Waals surface area contributed by atoms with Gasteiger partial charge < -0.3 is 9.32 Å². The molecule has 0 radical (unpaired) electrons. The molecule has 0 aromatic carbocycles. The summed E-state index contributed by atoms with van der Waals surface area (Å²) in [4.78, 5) is 3.83. The number of furan rings is 1. The normalized spacial score (nSPS) is 14.6. The van der Waals surface area contributed by atoms with Gasteiger partial charge in [-0.1, -0.05) is 0 Å². The van der Waals surface area contributed by atoms with E-state index in [4.69, 9.17) is 4.42 Å². The Bertz CT molecular complexity index is 600. The number of pyridine rings is 1. The molecule has 1 fully saturated rings. The van der Waals surface area contributed by atoms with E-state index in [2.05, 4.69) is 4.98 Å². The van der Waals surface area contributed by atoms with Gasteiger partial charge in [0.25, 0.3) is 11.9 Å². The predicted octanol–water partition coefficient (Wildman–Crippen LogP) is 3.40. The molecule has 1 aliphatic rings. The number of anilines is 1. The molecule has 0 amide bonds. The molecule has 0 N–H and O–H groups in total. The van der Waals surface area contributed by atoms with Crippen LogP contribution in [0.4, 0.5) is 23.2 Å². The fraction of sp³-hybridized carbons (Fsp3) is 0.308. The molecular weight excluding hydrogens is 276 g/mol. The third kappa shape index (κ3) is 2.23. The highest BCUT2D eigenvalue weighted by atomic mass is 19.2. The van der Waals surface area contributed by atoms with Gasteiger partial charge in [-0.15, -0.1) is 0 Å². The van der Waals surface area contributed by atoms with Crippen molar-refractivity contribution in [3.8, 4) is 0 Å². The molecule has 3 rings (SSSR count). The Labute approximate surface area is 111 Å². The van der Waals surface area contributed by atoms with Crippen molar-refractivity contribution in [3.05, 3.63) is 47.7 Å². The second-order valence-corrected chi connectivity index (χ2v) is 4.61. The van der Waals surface area contributed by atoms with E-state index in [1.165, 1.54) is 11.2 Å². The second-order valence-electron chi connectivity index (χ2n) is 4.61. The number of nitrogens with zero attached hydrogens (tertiary/aromatic N) is 2. The second kappa shape index (κ2) is 4.81. The summed E-state index contributed by atoms with van der Waals surface area (Å²) in [5.41, 5.74) is -0.728. The molecule has 2 aromatic heterocycles. The number of hydrogen-bond donors (Lipinski definition) is 0. The lowest BCUT2D eigenvalue weighted by Gasteiger charge is -2.24. The zero-order chi connectivity index (χ0) is 14.3. The van der Waals surface area contributed by atoms with Crippen LogP contribution in [0.3, 0.4) is 0 Å². The highest BCUT2D eigenvalue weighted by Crippen LogP contribution is 2.37. The monoisotopic (exact) mass is 286 g/mol. The molecule has 0 bridgehead atoms. The SMILES string of the molecule is Fc1nc(F)c(F)c(N(Cc2ccco2)C2CC2)c1F. The van der Waals surface area contributed by atoms with Crippen LogP contribution >= 0.6 is 0 Å². The van der Waals surface area contributed by atoms with E-state index in [9.17, 15) is 17.6 Å². The molecular formula is C13H10F4N2O. The maximum atomic E-state index is 13.8. The summed E-state index contributed by atoms with van der Waals surface area (Å²) in [6, 6.07) is 3.09. The Kier molecular flexibility index (Phi) is 3.11. The van der Waals surface area contributed by atoms with E-state index >= 15 is 0 Å². The quantitative estimate of drug-likeness (QED) is 0.637. The average molecular weight is 286 g/mol.